The smallest absolute Gasteiger partial charge is 0.387 e. The van der Waals surface area contributed by atoms with Gasteiger partial charge in [0, 0.05) is 19.7 Å². The minimum absolute atomic E-state index is 0.178. The van der Waals surface area contributed by atoms with Crippen molar-refractivity contribution in [1.29, 1.82) is 0 Å². The molecule has 0 aliphatic rings. The van der Waals surface area contributed by atoms with Crippen molar-refractivity contribution in [1.82, 2.24) is 5.32 Å². The number of ether oxygens (including phenoxy) is 2. The normalized spacial score (nSPS) is 13.5. The maximum absolute atomic E-state index is 12.0. The number of aryl methyl sites for hydroxylation is 1. The quantitative estimate of drug-likeness (QED) is 0.755. The highest BCUT2D eigenvalue weighted by Gasteiger charge is 2.16. The SMILES string of the molecule is COC(C)(C)CNC(C)CCc1ccc(OC(F)F)cc1. The lowest BCUT2D eigenvalue weighted by atomic mass is 10.0. The minimum Gasteiger partial charge on any atom is -0.435 e. The topological polar surface area (TPSA) is 30.5 Å². The maximum atomic E-state index is 12.0. The third-order valence-corrected chi connectivity index (χ3v) is 3.44. The molecule has 1 N–H and O–H groups in total. The van der Waals surface area contributed by atoms with Crippen molar-refractivity contribution in [2.45, 2.75) is 51.9 Å². The fraction of sp³-hybridized carbons (Fsp3) is 0.625. The fourth-order valence-corrected chi connectivity index (χ4v) is 1.81. The van der Waals surface area contributed by atoms with Crippen LogP contribution in [-0.4, -0.2) is 31.9 Å². The molecule has 0 heterocycles. The molecule has 0 fully saturated rings. The lowest BCUT2D eigenvalue weighted by Gasteiger charge is -2.25. The van der Waals surface area contributed by atoms with E-state index >= 15 is 0 Å². The average Bonchev–Trinajstić information content (AvgIpc) is 2.44. The van der Waals surface area contributed by atoms with Gasteiger partial charge in [0.05, 0.1) is 5.60 Å². The number of hydrogen-bond donors (Lipinski definition) is 1. The highest BCUT2D eigenvalue weighted by molar-refractivity contribution is 5.27. The molecular formula is C16H25F2NO2. The number of halogens is 2. The van der Waals surface area contributed by atoms with Gasteiger partial charge in [-0.15, -0.1) is 0 Å². The van der Waals surface area contributed by atoms with Crippen molar-refractivity contribution in [3.05, 3.63) is 29.8 Å². The summed E-state index contributed by atoms with van der Waals surface area (Å²) in [6.07, 6.45) is 1.85. The van der Waals surface area contributed by atoms with Gasteiger partial charge in [0.2, 0.25) is 0 Å². The molecular weight excluding hydrogens is 276 g/mol. The molecule has 0 spiro atoms. The molecule has 0 radical (unpaired) electrons. The Morgan fingerprint density at radius 1 is 1.19 bits per heavy atom. The maximum Gasteiger partial charge on any atom is 0.387 e. The molecule has 21 heavy (non-hydrogen) atoms. The van der Waals surface area contributed by atoms with Crippen LogP contribution in [0.15, 0.2) is 24.3 Å². The number of benzene rings is 1. The summed E-state index contributed by atoms with van der Waals surface area (Å²) >= 11 is 0. The second-order valence-electron chi connectivity index (χ2n) is 5.81. The Morgan fingerprint density at radius 3 is 2.33 bits per heavy atom. The molecule has 0 amide bonds. The van der Waals surface area contributed by atoms with Crippen LogP contribution in [0.25, 0.3) is 0 Å². The molecule has 1 unspecified atom stereocenters. The van der Waals surface area contributed by atoms with Crippen molar-refractivity contribution in [3.8, 4) is 5.75 Å². The van der Waals surface area contributed by atoms with Crippen LogP contribution in [0.2, 0.25) is 0 Å². The first-order chi connectivity index (χ1) is 9.82. The molecule has 1 aromatic carbocycles. The fourth-order valence-electron chi connectivity index (χ4n) is 1.81. The van der Waals surface area contributed by atoms with Crippen molar-refractivity contribution in [2.24, 2.45) is 0 Å². The zero-order valence-corrected chi connectivity index (χ0v) is 13.2. The van der Waals surface area contributed by atoms with Crippen LogP contribution < -0.4 is 10.1 Å². The molecule has 1 aromatic rings. The third kappa shape index (κ3) is 7.39. The Balaban J connectivity index is 2.34. The van der Waals surface area contributed by atoms with E-state index in [1.165, 1.54) is 0 Å². The lowest BCUT2D eigenvalue weighted by molar-refractivity contribution is -0.0498. The van der Waals surface area contributed by atoms with E-state index < -0.39 is 6.61 Å². The van der Waals surface area contributed by atoms with Gasteiger partial charge in [0.15, 0.2) is 0 Å². The predicted octanol–water partition coefficient (Wildman–Crippen LogP) is 3.62. The first-order valence-corrected chi connectivity index (χ1v) is 7.14. The van der Waals surface area contributed by atoms with E-state index in [0.29, 0.717) is 6.04 Å². The number of methoxy groups -OCH3 is 1. The molecule has 120 valence electrons. The summed E-state index contributed by atoms with van der Waals surface area (Å²) in [7, 11) is 1.70. The first-order valence-electron chi connectivity index (χ1n) is 7.14. The molecule has 5 heteroatoms. The van der Waals surface area contributed by atoms with Gasteiger partial charge in [0.25, 0.3) is 0 Å². The van der Waals surface area contributed by atoms with E-state index in [1.807, 2.05) is 26.0 Å². The zero-order chi connectivity index (χ0) is 15.9. The summed E-state index contributed by atoms with van der Waals surface area (Å²) in [5.41, 5.74) is 0.930. The van der Waals surface area contributed by atoms with Crippen molar-refractivity contribution >= 4 is 0 Å². The summed E-state index contributed by atoms with van der Waals surface area (Å²) in [6.45, 7) is 4.21. The number of rotatable bonds is 9. The van der Waals surface area contributed by atoms with Gasteiger partial charge in [-0.25, -0.2) is 0 Å². The van der Waals surface area contributed by atoms with Crippen LogP contribution in [-0.2, 0) is 11.2 Å². The van der Waals surface area contributed by atoms with Gasteiger partial charge >= 0.3 is 6.61 Å². The van der Waals surface area contributed by atoms with Crippen LogP contribution in [0, 0.1) is 0 Å². The highest BCUT2D eigenvalue weighted by Crippen LogP contribution is 2.16. The van der Waals surface area contributed by atoms with Crippen molar-refractivity contribution in [2.75, 3.05) is 13.7 Å². The van der Waals surface area contributed by atoms with Crippen LogP contribution in [0.4, 0.5) is 8.78 Å². The van der Waals surface area contributed by atoms with E-state index in [9.17, 15) is 8.78 Å². The Labute approximate surface area is 125 Å². The summed E-state index contributed by atoms with van der Waals surface area (Å²) < 4.78 is 33.8. The molecule has 0 bridgehead atoms. The summed E-state index contributed by atoms with van der Waals surface area (Å²) in [5, 5.41) is 3.43. The van der Waals surface area contributed by atoms with E-state index in [0.717, 1.165) is 24.9 Å². The van der Waals surface area contributed by atoms with Crippen molar-refractivity contribution in [3.63, 3.8) is 0 Å². The van der Waals surface area contributed by atoms with Gasteiger partial charge in [-0.1, -0.05) is 12.1 Å². The van der Waals surface area contributed by atoms with E-state index in [-0.39, 0.29) is 11.4 Å². The van der Waals surface area contributed by atoms with Crippen molar-refractivity contribution < 1.29 is 18.3 Å². The molecule has 0 saturated carbocycles. The Hall–Kier alpha value is -1.20. The second kappa shape index (κ2) is 8.29. The van der Waals surface area contributed by atoms with Gasteiger partial charge in [-0.05, 0) is 51.3 Å². The van der Waals surface area contributed by atoms with Gasteiger partial charge in [0.1, 0.15) is 5.75 Å². The Bertz CT molecular complexity index is 407. The molecule has 0 aliphatic carbocycles. The van der Waals surface area contributed by atoms with Crippen LogP contribution in [0.5, 0.6) is 5.75 Å². The lowest BCUT2D eigenvalue weighted by Crippen LogP contribution is -2.40. The molecule has 0 aromatic heterocycles. The highest BCUT2D eigenvalue weighted by atomic mass is 19.3. The van der Waals surface area contributed by atoms with Gasteiger partial charge in [-0.3, -0.25) is 0 Å². The minimum atomic E-state index is -2.77. The molecule has 1 atom stereocenters. The largest absolute Gasteiger partial charge is 0.435 e. The average molecular weight is 301 g/mol. The zero-order valence-electron chi connectivity index (χ0n) is 13.2. The summed E-state index contributed by atoms with van der Waals surface area (Å²) in [5.74, 6) is 0.196. The molecule has 1 rings (SSSR count). The number of nitrogens with one attached hydrogen (secondary N) is 1. The molecule has 0 aliphatic heterocycles. The Kier molecular flexibility index (Phi) is 7.05. The molecule has 3 nitrogen and oxygen atoms in total. The predicted molar refractivity (Wildman–Crippen MR) is 79.9 cm³/mol. The van der Waals surface area contributed by atoms with E-state index in [4.69, 9.17) is 4.74 Å². The van der Waals surface area contributed by atoms with Crippen LogP contribution >= 0.6 is 0 Å². The van der Waals surface area contributed by atoms with E-state index in [1.54, 1.807) is 19.2 Å². The standard InChI is InChI=1S/C16H25F2NO2/c1-12(19-11-16(2,3)20-4)5-6-13-7-9-14(10-8-13)21-15(17)18/h7-10,12,15,19H,5-6,11H2,1-4H3. The number of alkyl halides is 2. The van der Waals surface area contributed by atoms with Crippen LogP contribution in [0.3, 0.4) is 0 Å². The first kappa shape index (κ1) is 17.9. The molecule has 0 saturated heterocycles. The van der Waals surface area contributed by atoms with Crippen LogP contribution in [0.1, 0.15) is 32.8 Å². The van der Waals surface area contributed by atoms with Gasteiger partial charge in [-0.2, -0.15) is 8.78 Å². The second-order valence-corrected chi connectivity index (χ2v) is 5.81. The van der Waals surface area contributed by atoms with Gasteiger partial charge < -0.3 is 14.8 Å². The summed E-state index contributed by atoms with van der Waals surface area (Å²) in [6, 6.07) is 7.16. The number of hydrogen-bond acceptors (Lipinski definition) is 3. The Morgan fingerprint density at radius 2 is 1.81 bits per heavy atom. The third-order valence-electron chi connectivity index (χ3n) is 3.44. The van der Waals surface area contributed by atoms with E-state index in [2.05, 4.69) is 17.0 Å². The monoisotopic (exact) mass is 301 g/mol. The summed E-state index contributed by atoms with van der Waals surface area (Å²) in [4.78, 5) is 0.